The summed E-state index contributed by atoms with van der Waals surface area (Å²) in [7, 11) is 0. The lowest BCUT2D eigenvalue weighted by atomic mass is 10.2. The molecular formula is C19H21FN4O2. The minimum absolute atomic E-state index is 0.239. The van der Waals surface area contributed by atoms with Crippen LogP contribution in [0.15, 0.2) is 48.5 Å². The van der Waals surface area contributed by atoms with Crippen molar-refractivity contribution in [3.63, 3.8) is 0 Å². The minimum Gasteiger partial charge on any atom is -0.463 e. The largest absolute Gasteiger partial charge is 0.463 e. The first-order valence-electron chi connectivity index (χ1n) is 8.45. The first-order chi connectivity index (χ1) is 12.6. The summed E-state index contributed by atoms with van der Waals surface area (Å²) in [5.41, 5.74) is 2.26. The average molecular weight is 356 g/mol. The quantitative estimate of drug-likeness (QED) is 0.680. The van der Waals surface area contributed by atoms with E-state index in [0.717, 1.165) is 11.4 Å². The number of nitrogens with one attached hydrogen (secondary N) is 1. The Hall–Kier alpha value is -2.93. The van der Waals surface area contributed by atoms with Gasteiger partial charge in [-0.15, -0.1) is 5.10 Å². The molecule has 1 heterocycles. The predicted molar refractivity (Wildman–Crippen MR) is 98.1 cm³/mol. The maximum Gasteiger partial charge on any atom is 0.336 e. The van der Waals surface area contributed by atoms with Crippen LogP contribution in [0, 0.1) is 5.82 Å². The van der Waals surface area contributed by atoms with Gasteiger partial charge in [-0.25, -0.2) is 9.07 Å². The maximum absolute atomic E-state index is 13.6. The van der Waals surface area contributed by atoms with Gasteiger partial charge in [0.05, 0.1) is 18.4 Å². The maximum atomic E-state index is 13.6. The van der Waals surface area contributed by atoms with E-state index in [-0.39, 0.29) is 11.8 Å². The molecule has 3 rings (SSSR count). The lowest BCUT2D eigenvalue weighted by Crippen LogP contribution is -2.15. The molecular weight excluding hydrogens is 335 g/mol. The van der Waals surface area contributed by atoms with Gasteiger partial charge in [-0.3, -0.25) is 0 Å². The van der Waals surface area contributed by atoms with Gasteiger partial charge in [-0.1, -0.05) is 12.1 Å². The van der Waals surface area contributed by atoms with Gasteiger partial charge in [0.1, 0.15) is 5.82 Å². The lowest BCUT2D eigenvalue weighted by Gasteiger charge is -2.10. The second-order valence-electron chi connectivity index (χ2n) is 5.85. The minimum atomic E-state index is -0.432. The molecule has 0 saturated heterocycles. The zero-order chi connectivity index (χ0) is 18.5. The van der Waals surface area contributed by atoms with Crippen molar-refractivity contribution in [3.05, 3.63) is 54.3 Å². The summed E-state index contributed by atoms with van der Waals surface area (Å²) in [5.74, 6) is 0.158. The molecule has 3 aromatic rings. The first-order valence-corrected chi connectivity index (χ1v) is 8.45. The van der Waals surface area contributed by atoms with Gasteiger partial charge in [0, 0.05) is 17.8 Å². The fourth-order valence-corrected chi connectivity index (χ4v) is 2.46. The van der Waals surface area contributed by atoms with E-state index in [2.05, 4.69) is 15.4 Å². The monoisotopic (exact) mass is 356 g/mol. The van der Waals surface area contributed by atoms with Crippen LogP contribution in [0.2, 0.25) is 0 Å². The highest BCUT2D eigenvalue weighted by atomic mass is 19.1. The molecule has 1 atom stereocenters. The van der Waals surface area contributed by atoms with E-state index >= 15 is 0 Å². The number of rotatable bonds is 7. The Morgan fingerprint density at radius 1 is 1.23 bits per heavy atom. The van der Waals surface area contributed by atoms with E-state index in [0.29, 0.717) is 24.5 Å². The zero-order valence-corrected chi connectivity index (χ0v) is 14.7. The number of benzene rings is 2. The van der Waals surface area contributed by atoms with Gasteiger partial charge in [-0.05, 0) is 50.2 Å². The third-order valence-electron chi connectivity index (χ3n) is 3.66. The Morgan fingerprint density at radius 3 is 2.65 bits per heavy atom. The van der Waals surface area contributed by atoms with Crippen molar-refractivity contribution in [2.24, 2.45) is 0 Å². The second kappa shape index (κ2) is 7.97. The molecule has 26 heavy (non-hydrogen) atoms. The highest BCUT2D eigenvalue weighted by Crippen LogP contribution is 2.25. The van der Waals surface area contributed by atoms with Crippen LogP contribution in [0.4, 0.5) is 10.1 Å². The fourth-order valence-electron chi connectivity index (χ4n) is 2.46. The molecule has 2 N–H and O–H groups in total. The van der Waals surface area contributed by atoms with Crippen molar-refractivity contribution in [1.29, 1.82) is 0 Å². The standard InChI is InChI=1S/C19H21FN4O2/c1-3-26-19-22-18(14-5-4-6-15(20)11-14)24(23-19)17-9-7-16(8-10-17)21-12-13(2)25/h4-11,13,21,25H,3,12H2,1-2H3/t13-/m1/s1. The highest BCUT2D eigenvalue weighted by Gasteiger charge is 2.15. The Labute approximate surface area is 151 Å². The summed E-state index contributed by atoms with van der Waals surface area (Å²) in [5, 5.41) is 16.9. The van der Waals surface area contributed by atoms with E-state index in [1.165, 1.54) is 12.1 Å². The average Bonchev–Trinajstić information content (AvgIpc) is 3.05. The molecule has 0 bridgehead atoms. The van der Waals surface area contributed by atoms with Gasteiger partial charge in [0.15, 0.2) is 5.82 Å². The number of hydrogen-bond donors (Lipinski definition) is 2. The number of aromatic nitrogens is 3. The van der Waals surface area contributed by atoms with Crippen molar-refractivity contribution in [2.45, 2.75) is 20.0 Å². The number of ether oxygens (including phenoxy) is 1. The molecule has 0 spiro atoms. The molecule has 0 saturated carbocycles. The number of aliphatic hydroxyl groups excluding tert-OH is 1. The van der Waals surface area contributed by atoms with E-state index in [1.807, 2.05) is 31.2 Å². The number of nitrogens with zero attached hydrogens (tertiary/aromatic N) is 3. The Bertz CT molecular complexity index is 862. The zero-order valence-electron chi connectivity index (χ0n) is 14.7. The van der Waals surface area contributed by atoms with E-state index < -0.39 is 6.10 Å². The molecule has 6 nitrogen and oxygen atoms in total. The number of hydrogen-bond acceptors (Lipinski definition) is 5. The molecule has 0 aliphatic rings. The number of halogens is 1. The first kappa shape index (κ1) is 17.9. The molecule has 0 aliphatic carbocycles. The van der Waals surface area contributed by atoms with Crippen molar-refractivity contribution < 1.29 is 14.2 Å². The molecule has 0 amide bonds. The van der Waals surface area contributed by atoms with E-state index in [4.69, 9.17) is 4.74 Å². The van der Waals surface area contributed by atoms with E-state index in [1.54, 1.807) is 23.7 Å². The molecule has 7 heteroatoms. The SMILES string of the molecule is CCOc1nc(-c2cccc(F)c2)n(-c2ccc(NC[C@@H](C)O)cc2)n1. The Morgan fingerprint density at radius 2 is 2.00 bits per heavy atom. The summed E-state index contributed by atoms with van der Waals surface area (Å²) in [6, 6.07) is 14.0. The summed E-state index contributed by atoms with van der Waals surface area (Å²) < 4.78 is 20.7. The van der Waals surface area contributed by atoms with Crippen LogP contribution in [0.1, 0.15) is 13.8 Å². The van der Waals surface area contributed by atoms with Crippen LogP contribution in [0.5, 0.6) is 6.01 Å². The van der Waals surface area contributed by atoms with Gasteiger partial charge < -0.3 is 15.2 Å². The van der Waals surface area contributed by atoms with Crippen LogP contribution in [-0.4, -0.2) is 39.1 Å². The predicted octanol–water partition coefficient (Wildman–Crippen LogP) is 3.26. The van der Waals surface area contributed by atoms with Gasteiger partial charge >= 0.3 is 6.01 Å². The van der Waals surface area contributed by atoms with Crippen molar-refractivity contribution in [3.8, 4) is 23.1 Å². The van der Waals surface area contributed by atoms with Gasteiger partial charge in [0.2, 0.25) is 0 Å². The third-order valence-corrected chi connectivity index (χ3v) is 3.66. The summed E-state index contributed by atoms with van der Waals surface area (Å²) in [6.07, 6.45) is -0.432. The molecule has 0 unspecified atom stereocenters. The van der Waals surface area contributed by atoms with Crippen LogP contribution in [-0.2, 0) is 0 Å². The summed E-state index contributed by atoms with van der Waals surface area (Å²) in [6.45, 7) is 4.48. The Balaban J connectivity index is 1.95. The van der Waals surface area contributed by atoms with Gasteiger partial charge in [0.25, 0.3) is 0 Å². The number of anilines is 1. The molecule has 136 valence electrons. The summed E-state index contributed by atoms with van der Waals surface area (Å²) >= 11 is 0. The highest BCUT2D eigenvalue weighted by molar-refractivity contribution is 5.59. The molecule has 0 radical (unpaired) electrons. The molecule has 2 aromatic carbocycles. The van der Waals surface area contributed by atoms with Crippen LogP contribution >= 0.6 is 0 Å². The van der Waals surface area contributed by atoms with E-state index in [9.17, 15) is 9.50 Å². The third kappa shape index (κ3) is 4.18. The lowest BCUT2D eigenvalue weighted by molar-refractivity contribution is 0.208. The number of aliphatic hydroxyl groups is 1. The second-order valence-corrected chi connectivity index (χ2v) is 5.85. The molecule has 0 fully saturated rings. The topological polar surface area (TPSA) is 72.2 Å². The smallest absolute Gasteiger partial charge is 0.336 e. The molecule has 1 aromatic heterocycles. The van der Waals surface area contributed by atoms with Crippen LogP contribution in [0.25, 0.3) is 17.1 Å². The van der Waals surface area contributed by atoms with Crippen molar-refractivity contribution in [2.75, 3.05) is 18.5 Å². The van der Waals surface area contributed by atoms with Crippen LogP contribution < -0.4 is 10.1 Å². The fraction of sp³-hybridized carbons (Fsp3) is 0.263. The van der Waals surface area contributed by atoms with Crippen LogP contribution in [0.3, 0.4) is 0 Å². The van der Waals surface area contributed by atoms with Crippen molar-refractivity contribution in [1.82, 2.24) is 14.8 Å². The Kier molecular flexibility index (Phi) is 5.48. The normalized spacial score (nSPS) is 12.0. The van der Waals surface area contributed by atoms with Gasteiger partial charge in [-0.2, -0.15) is 4.98 Å². The molecule has 0 aliphatic heterocycles. The summed E-state index contributed by atoms with van der Waals surface area (Å²) in [4.78, 5) is 4.38. The van der Waals surface area contributed by atoms with Crippen molar-refractivity contribution >= 4 is 5.69 Å².